The molecule has 2 aromatic rings. The maximum absolute atomic E-state index is 6.24. The van der Waals surface area contributed by atoms with Crippen molar-refractivity contribution in [3.63, 3.8) is 0 Å². The molecule has 0 aliphatic heterocycles. The molecule has 0 spiro atoms. The lowest BCUT2D eigenvalue weighted by Gasteiger charge is -2.13. The van der Waals surface area contributed by atoms with Gasteiger partial charge in [0.1, 0.15) is 0 Å². The van der Waals surface area contributed by atoms with E-state index in [4.69, 9.17) is 5.73 Å². The zero-order chi connectivity index (χ0) is 12.4. The Balaban J connectivity index is 2.33. The first-order valence-electron chi connectivity index (χ1n) is 5.78. The van der Waals surface area contributed by atoms with E-state index in [2.05, 4.69) is 22.3 Å². The Labute approximate surface area is 100 Å². The zero-order valence-corrected chi connectivity index (χ0v) is 10.5. The van der Waals surface area contributed by atoms with Gasteiger partial charge in [0.2, 0.25) is 0 Å². The summed E-state index contributed by atoms with van der Waals surface area (Å²) < 4.78 is 3.66. The van der Waals surface area contributed by atoms with Crippen molar-refractivity contribution in [2.45, 2.75) is 32.9 Å². The molecule has 1 unspecified atom stereocenters. The molecule has 0 fully saturated rings. The Morgan fingerprint density at radius 3 is 2.76 bits per heavy atom. The third-order valence-electron chi connectivity index (χ3n) is 2.76. The minimum absolute atomic E-state index is 0.234. The second kappa shape index (κ2) is 4.67. The fourth-order valence-corrected chi connectivity index (χ4v) is 1.97. The van der Waals surface area contributed by atoms with Crippen LogP contribution in [-0.2, 0) is 13.6 Å². The van der Waals surface area contributed by atoms with Gasteiger partial charge in [0, 0.05) is 13.6 Å². The van der Waals surface area contributed by atoms with Crippen LogP contribution in [0.5, 0.6) is 0 Å². The molecule has 0 aromatic carbocycles. The van der Waals surface area contributed by atoms with Crippen LogP contribution in [0.25, 0.3) is 0 Å². The van der Waals surface area contributed by atoms with Crippen molar-refractivity contribution in [2.24, 2.45) is 12.8 Å². The van der Waals surface area contributed by atoms with Crippen molar-refractivity contribution < 1.29 is 0 Å². The summed E-state index contributed by atoms with van der Waals surface area (Å²) in [5.74, 6) is 0. The van der Waals surface area contributed by atoms with Crippen LogP contribution in [0.1, 0.15) is 36.5 Å². The van der Waals surface area contributed by atoms with Crippen LogP contribution in [0.15, 0.2) is 12.3 Å². The summed E-state index contributed by atoms with van der Waals surface area (Å²) in [4.78, 5) is 0. The fourth-order valence-electron chi connectivity index (χ4n) is 1.97. The molecule has 2 heterocycles. The van der Waals surface area contributed by atoms with Crippen molar-refractivity contribution in [3.8, 4) is 0 Å². The zero-order valence-electron chi connectivity index (χ0n) is 10.5. The molecule has 0 radical (unpaired) electrons. The summed E-state index contributed by atoms with van der Waals surface area (Å²) in [5, 5.41) is 12.3. The fraction of sp³-hybridized carbons (Fsp3) is 0.545. The Kier molecular flexibility index (Phi) is 3.23. The smallest absolute Gasteiger partial charge is 0.0910 e. The SMILES string of the molecule is CCCn1nncc1C(N)c1cc(C)nn1C. The molecule has 17 heavy (non-hydrogen) atoms. The Morgan fingerprint density at radius 2 is 2.18 bits per heavy atom. The molecule has 0 aliphatic rings. The van der Waals surface area contributed by atoms with Gasteiger partial charge in [-0.1, -0.05) is 12.1 Å². The topological polar surface area (TPSA) is 74.6 Å². The van der Waals surface area contributed by atoms with Gasteiger partial charge < -0.3 is 5.73 Å². The van der Waals surface area contributed by atoms with E-state index in [0.717, 1.165) is 30.0 Å². The van der Waals surface area contributed by atoms with Gasteiger partial charge in [-0.2, -0.15) is 5.10 Å². The van der Waals surface area contributed by atoms with E-state index >= 15 is 0 Å². The van der Waals surface area contributed by atoms with Crippen LogP contribution >= 0.6 is 0 Å². The first kappa shape index (κ1) is 11.8. The maximum atomic E-state index is 6.24. The molecule has 0 amide bonds. The predicted octanol–water partition coefficient (Wildman–Crippen LogP) is 0.778. The Bertz CT molecular complexity index is 498. The van der Waals surface area contributed by atoms with Crippen molar-refractivity contribution in [3.05, 3.63) is 29.3 Å². The van der Waals surface area contributed by atoms with Crippen molar-refractivity contribution in [1.82, 2.24) is 24.8 Å². The quantitative estimate of drug-likeness (QED) is 0.848. The molecular formula is C11H18N6. The molecule has 6 nitrogen and oxygen atoms in total. The third kappa shape index (κ3) is 2.21. The van der Waals surface area contributed by atoms with E-state index in [1.807, 2.05) is 29.4 Å². The van der Waals surface area contributed by atoms with Crippen molar-refractivity contribution >= 4 is 0 Å². The second-order valence-corrected chi connectivity index (χ2v) is 4.19. The highest BCUT2D eigenvalue weighted by molar-refractivity contribution is 5.21. The highest BCUT2D eigenvalue weighted by atomic mass is 15.4. The molecule has 2 aromatic heterocycles. The predicted molar refractivity (Wildman–Crippen MR) is 64.3 cm³/mol. The number of rotatable bonds is 4. The monoisotopic (exact) mass is 234 g/mol. The number of hydrogen-bond acceptors (Lipinski definition) is 4. The number of aryl methyl sites for hydroxylation is 3. The number of nitrogens with zero attached hydrogens (tertiary/aromatic N) is 5. The van der Waals surface area contributed by atoms with Crippen LogP contribution in [-0.4, -0.2) is 24.8 Å². The number of aromatic nitrogens is 5. The summed E-state index contributed by atoms with van der Waals surface area (Å²) in [6.07, 6.45) is 2.73. The Hall–Kier alpha value is -1.69. The van der Waals surface area contributed by atoms with E-state index in [0.29, 0.717) is 0 Å². The molecule has 0 bridgehead atoms. The normalized spacial score (nSPS) is 12.9. The molecular weight excluding hydrogens is 216 g/mol. The lowest BCUT2D eigenvalue weighted by Crippen LogP contribution is -2.20. The summed E-state index contributed by atoms with van der Waals surface area (Å²) in [5.41, 5.74) is 9.11. The van der Waals surface area contributed by atoms with E-state index in [1.54, 1.807) is 6.20 Å². The van der Waals surface area contributed by atoms with Gasteiger partial charge >= 0.3 is 0 Å². The van der Waals surface area contributed by atoms with Gasteiger partial charge in [-0.25, -0.2) is 4.68 Å². The molecule has 0 saturated heterocycles. The van der Waals surface area contributed by atoms with E-state index in [-0.39, 0.29) is 6.04 Å². The molecule has 6 heteroatoms. The first-order valence-corrected chi connectivity index (χ1v) is 5.78. The minimum Gasteiger partial charge on any atom is -0.318 e. The highest BCUT2D eigenvalue weighted by Crippen LogP contribution is 2.18. The summed E-state index contributed by atoms with van der Waals surface area (Å²) >= 11 is 0. The largest absolute Gasteiger partial charge is 0.318 e. The van der Waals surface area contributed by atoms with E-state index < -0.39 is 0 Å². The molecule has 0 saturated carbocycles. The lowest BCUT2D eigenvalue weighted by molar-refractivity contribution is 0.534. The minimum atomic E-state index is -0.234. The lowest BCUT2D eigenvalue weighted by atomic mass is 10.1. The molecule has 0 aliphatic carbocycles. The Morgan fingerprint density at radius 1 is 1.41 bits per heavy atom. The number of nitrogens with two attached hydrogens (primary N) is 1. The van der Waals surface area contributed by atoms with Crippen molar-refractivity contribution in [2.75, 3.05) is 0 Å². The van der Waals surface area contributed by atoms with Crippen LogP contribution in [0.3, 0.4) is 0 Å². The molecule has 92 valence electrons. The third-order valence-corrected chi connectivity index (χ3v) is 2.76. The van der Waals surface area contributed by atoms with Crippen molar-refractivity contribution in [1.29, 1.82) is 0 Å². The highest BCUT2D eigenvalue weighted by Gasteiger charge is 2.18. The van der Waals surface area contributed by atoms with Gasteiger partial charge in [0.05, 0.1) is 29.3 Å². The maximum Gasteiger partial charge on any atom is 0.0910 e. The molecule has 1 atom stereocenters. The van der Waals surface area contributed by atoms with Crippen LogP contribution in [0, 0.1) is 6.92 Å². The van der Waals surface area contributed by atoms with Crippen LogP contribution in [0.2, 0.25) is 0 Å². The first-order chi connectivity index (χ1) is 8.13. The average molecular weight is 234 g/mol. The average Bonchev–Trinajstić information content (AvgIpc) is 2.85. The van der Waals surface area contributed by atoms with Gasteiger partial charge in [0.25, 0.3) is 0 Å². The van der Waals surface area contributed by atoms with Gasteiger partial charge in [-0.15, -0.1) is 5.10 Å². The van der Waals surface area contributed by atoms with Gasteiger partial charge in [-0.05, 0) is 19.4 Å². The molecule has 2 rings (SSSR count). The standard InChI is InChI=1S/C11H18N6/c1-4-5-17-10(7-13-15-17)11(12)9-6-8(2)14-16(9)3/h6-7,11H,4-5,12H2,1-3H3. The van der Waals surface area contributed by atoms with Crippen LogP contribution < -0.4 is 5.73 Å². The van der Waals surface area contributed by atoms with Crippen LogP contribution in [0.4, 0.5) is 0 Å². The second-order valence-electron chi connectivity index (χ2n) is 4.19. The summed E-state index contributed by atoms with van der Waals surface area (Å²) in [6.45, 7) is 4.89. The van der Waals surface area contributed by atoms with Gasteiger partial charge in [-0.3, -0.25) is 4.68 Å². The summed E-state index contributed by atoms with van der Waals surface area (Å²) in [7, 11) is 1.90. The summed E-state index contributed by atoms with van der Waals surface area (Å²) in [6, 6.07) is 1.76. The van der Waals surface area contributed by atoms with E-state index in [9.17, 15) is 0 Å². The number of hydrogen-bond donors (Lipinski definition) is 1. The van der Waals surface area contributed by atoms with Gasteiger partial charge in [0.15, 0.2) is 0 Å². The van der Waals surface area contributed by atoms with E-state index in [1.165, 1.54) is 0 Å². The molecule has 2 N–H and O–H groups in total.